The molecule has 0 aliphatic heterocycles. The summed E-state index contributed by atoms with van der Waals surface area (Å²) in [7, 11) is -2.61. The number of rotatable bonds is 1. The minimum atomic E-state index is -2.61. The zero-order valence-corrected chi connectivity index (χ0v) is 8.23. The molecular weight excluding hydrogens is 214 g/mol. The summed E-state index contributed by atoms with van der Waals surface area (Å²) in [6, 6.07) is 9.60. The maximum absolute atomic E-state index is 8.67. The van der Waals surface area contributed by atoms with Crippen molar-refractivity contribution < 1.29 is 8.42 Å². The van der Waals surface area contributed by atoms with E-state index in [1.807, 2.05) is 30.3 Å². The Balaban J connectivity index is 0. The van der Waals surface area contributed by atoms with Crippen molar-refractivity contribution in [1.29, 1.82) is 4.78 Å². The van der Waals surface area contributed by atoms with Crippen LogP contribution in [0.1, 0.15) is 0 Å². The third-order valence-corrected chi connectivity index (χ3v) is 0.940. The molecule has 1 rings (SSSR count). The van der Waals surface area contributed by atoms with E-state index in [0.717, 1.165) is 5.69 Å². The average Bonchev–Trinajstić information content (AvgIpc) is 2.05. The van der Waals surface area contributed by atoms with Crippen molar-refractivity contribution in [1.82, 2.24) is 0 Å². The van der Waals surface area contributed by atoms with E-state index in [1.165, 1.54) is 0 Å². The molecule has 0 saturated carbocycles. The van der Waals surface area contributed by atoms with Crippen LogP contribution in [0.5, 0.6) is 0 Å². The second-order valence-corrected chi connectivity index (χ2v) is 2.21. The Kier molecular flexibility index (Phi) is 9.96. The van der Waals surface area contributed by atoms with Crippen molar-refractivity contribution in [2.75, 3.05) is 5.43 Å². The molecule has 0 fully saturated rings. The largest absolute Gasteiger partial charge is 0.324 e. The summed E-state index contributed by atoms with van der Waals surface area (Å²) >= 11 is 0. The monoisotopic (exact) mass is 223 g/mol. The zero-order valence-electron chi connectivity index (χ0n) is 6.60. The summed E-state index contributed by atoms with van der Waals surface area (Å²) in [6.45, 7) is 0. The summed E-state index contributed by atoms with van der Waals surface area (Å²) < 4.78 is 22.8. The predicted octanol–water partition coefficient (Wildman–Crippen LogP) is 1.02. The van der Waals surface area contributed by atoms with Crippen LogP contribution >= 0.6 is 12.4 Å². The van der Waals surface area contributed by atoms with E-state index in [-0.39, 0.29) is 12.4 Å². The van der Waals surface area contributed by atoms with Gasteiger partial charge >= 0.3 is 10.5 Å². The van der Waals surface area contributed by atoms with Gasteiger partial charge in [-0.1, -0.05) is 18.2 Å². The van der Waals surface area contributed by atoms with E-state index in [2.05, 4.69) is 5.43 Å². The third-order valence-electron chi connectivity index (χ3n) is 0.940. The molecule has 0 aliphatic carbocycles. The first-order valence-corrected chi connectivity index (χ1v) is 4.06. The molecule has 0 amide bonds. The van der Waals surface area contributed by atoms with Crippen LogP contribution in [0.4, 0.5) is 5.69 Å². The molecule has 0 saturated heterocycles. The lowest BCUT2D eigenvalue weighted by Gasteiger charge is -1.94. The number of anilines is 1. The van der Waals surface area contributed by atoms with Crippen LogP contribution in [0.15, 0.2) is 30.3 Å². The molecule has 7 heteroatoms. The molecule has 0 unspecified atom stereocenters. The van der Waals surface area contributed by atoms with Gasteiger partial charge in [-0.05, 0) is 12.1 Å². The molecular formula is C6H10ClN3O2S. The summed E-state index contributed by atoms with van der Waals surface area (Å²) in [5.41, 5.74) is 3.46. The summed E-state index contributed by atoms with van der Waals surface area (Å²) in [5, 5.41) is 0. The van der Waals surface area contributed by atoms with Gasteiger partial charge in [0.15, 0.2) is 0 Å². The first-order chi connectivity index (χ1) is 5.66. The number of nitrogen functional groups attached to an aromatic ring is 1. The maximum Gasteiger partial charge on any atom is 0.308 e. The number of hydrogen-bond acceptors (Lipinski definition) is 5. The standard InChI is InChI=1S/C6H8N2.ClH.HNO2S/c7-8-6-4-2-1-3-5-6;;1-4(2)3/h1-5,8H,7H2;1H;1H. The van der Waals surface area contributed by atoms with Crippen LogP contribution in [-0.4, -0.2) is 8.42 Å². The highest BCUT2D eigenvalue weighted by Gasteiger charge is 1.78. The zero-order chi connectivity index (χ0) is 9.40. The molecule has 0 bridgehead atoms. The van der Waals surface area contributed by atoms with E-state index in [9.17, 15) is 0 Å². The Bertz CT molecular complexity index is 305. The number of halogens is 1. The molecule has 13 heavy (non-hydrogen) atoms. The molecule has 0 heterocycles. The van der Waals surface area contributed by atoms with Crippen molar-refractivity contribution in [2.45, 2.75) is 0 Å². The normalized spacial score (nSPS) is 7.15. The fraction of sp³-hybridized carbons (Fsp3) is 0. The SMILES string of the molecule is Cl.N=S(=O)=O.NNc1ccccc1. The van der Waals surface area contributed by atoms with Crippen LogP contribution in [0.3, 0.4) is 0 Å². The highest BCUT2D eigenvalue weighted by atomic mass is 35.5. The Morgan fingerprint density at radius 3 is 1.85 bits per heavy atom. The fourth-order valence-electron chi connectivity index (χ4n) is 0.534. The average molecular weight is 224 g/mol. The minimum Gasteiger partial charge on any atom is -0.324 e. The molecule has 0 radical (unpaired) electrons. The molecule has 1 aromatic rings. The van der Waals surface area contributed by atoms with Crippen LogP contribution in [0, 0.1) is 4.78 Å². The van der Waals surface area contributed by atoms with Gasteiger partial charge in [0, 0.05) is 5.69 Å². The smallest absolute Gasteiger partial charge is 0.308 e. The van der Waals surface area contributed by atoms with Gasteiger partial charge < -0.3 is 5.43 Å². The van der Waals surface area contributed by atoms with E-state index in [4.69, 9.17) is 19.0 Å². The topological polar surface area (TPSA) is 96.0 Å². The van der Waals surface area contributed by atoms with Crippen molar-refractivity contribution in [3.05, 3.63) is 30.3 Å². The van der Waals surface area contributed by atoms with Gasteiger partial charge in [-0.3, -0.25) is 5.84 Å². The molecule has 0 aromatic heterocycles. The van der Waals surface area contributed by atoms with Gasteiger partial charge in [0.1, 0.15) is 0 Å². The molecule has 4 N–H and O–H groups in total. The number of hydrazine groups is 1. The first kappa shape index (κ1) is 14.4. The number of benzene rings is 1. The third kappa shape index (κ3) is 10.9. The molecule has 5 nitrogen and oxygen atoms in total. The Hall–Kier alpha value is -1.11. The second-order valence-electron chi connectivity index (χ2n) is 1.75. The summed E-state index contributed by atoms with van der Waals surface area (Å²) in [6.07, 6.45) is 0. The Labute approximate surface area is 83.8 Å². The predicted molar refractivity (Wildman–Crippen MR) is 53.1 cm³/mol. The molecule has 0 spiro atoms. The maximum atomic E-state index is 8.67. The van der Waals surface area contributed by atoms with E-state index < -0.39 is 10.5 Å². The molecule has 1 aromatic carbocycles. The Morgan fingerprint density at radius 1 is 1.23 bits per heavy atom. The van der Waals surface area contributed by atoms with Crippen LogP contribution in [0.2, 0.25) is 0 Å². The van der Waals surface area contributed by atoms with Crippen molar-refractivity contribution in [3.8, 4) is 0 Å². The number of hydrogen-bond donors (Lipinski definition) is 3. The van der Waals surface area contributed by atoms with Gasteiger partial charge in [-0.15, -0.1) is 12.4 Å². The highest BCUT2D eigenvalue weighted by Crippen LogP contribution is 2.00. The van der Waals surface area contributed by atoms with Crippen molar-refractivity contribution in [2.24, 2.45) is 5.84 Å². The highest BCUT2D eigenvalue weighted by molar-refractivity contribution is 7.60. The first-order valence-electron chi connectivity index (χ1n) is 2.99. The van der Waals surface area contributed by atoms with Gasteiger partial charge in [0.25, 0.3) is 0 Å². The summed E-state index contributed by atoms with van der Waals surface area (Å²) in [5.74, 6) is 5.10. The fourth-order valence-corrected chi connectivity index (χ4v) is 0.534. The number of nitrogens with one attached hydrogen (secondary N) is 2. The second kappa shape index (κ2) is 8.98. The quantitative estimate of drug-likeness (QED) is 0.489. The lowest BCUT2D eigenvalue weighted by Crippen LogP contribution is -2.05. The van der Waals surface area contributed by atoms with Gasteiger partial charge in [0.2, 0.25) is 0 Å². The van der Waals surface area contributed by atoms with Gasteiger partial charge in [-0.25, -0.2) is 0 Å². The van der Waals surface area contributed by atoms with Crippen LogP contribution in [0.25, 0.3) is 0 Å². The summed E-state index contributed by atoms with van der Waals surface area (Å²) in [4.78, 5) is 0. The lowest BCUT2D eigenvalue weighted by atomic mass is 10.3. The van der Waals surface area contributed by atoms with Gasteiger partial charge in [-0.2, -0.15) is 13.2 Å². The van der Waals surface area contributed by atoms with Gasteiger partial charge in [0.05, 0.1) is 0 Å². The molecule has 0 atom stereocenters. The minimum absolute atomic E-state index is 0. The molecule has 0 aliphatic rings. The van der Waals surface area contributed by atoms with E-state index >= 15 is 0 Å². The van der Waals surface area contributed by atoms with E-state index in [0.29, 0.717) is 0 Å². The number of para-hydroxylation sites is 1. The molecule has 74 valence electrons. The Morgan fingerprint density at radius 2 is 1.62 bits per heavy atom. The van der Waals surface area contributed by atoms with Crippen LogP contribution < -0.4 is 11.3 Å². The lowest BCUT2D eigenvalue weighted by molar-refractivity contribution is 0.620. The van der Waals surface area contributed by atoms with E-state index in [1.54, 1.807) is 0 Å². The number of nitrogens with two attached hydrogens (primary N) is 1. The van der Waals surface area contributed by atoms with Crippen molar-refractivity contribution >= 4 is 28.6 Å². The van der Waals surface area contributed by atoms with Crippen LogP contribution in [-0.2, 0) is 10.5 Å². The van der Waals surface area contributed by atoms with Crippen molar-refractivity contribution in [3.63, 3.8) is 0 Å².